The van der Waals surface area contributed by atoms with Gasteiger partial charge in [0.2, 0.25) is 0 Å². The van der Waals surface area contributed by atoms with Gasteiger partial charge in [-0.05, 0) is 36.6 Å². The second-order valence-corrected chi connectivity index (χ2v) is 4.59. The number of nitrogens with zero attached hydrogens (tertiary/aromatic N) is 2. The summed E-state index contributed by atoms with van der Waals surface area (Å²) in [5, 5.41) is 10.0. The van der Waals surface area contributed by atoms with Crippen molar-refractivity contribution in [3.05, 3.63) is 53.9 Å². The van der Waals surface area contributed by atoms with Gasteiger partial charge in [-0.25, -0.2) is 0 Å². The van der Waals surface area contributed by atoms with Crippen LogP contribution in [0.25, 0.3) is 0 Å². The maximum Gasteiger partial charge on any atom is 0.259 e. The van der Waals surface area contributed by atoms with E-state index in [1.165, 1.54) is 0 Å². The van der Waals surface area contributed by atoms with Crippen molar-refractivity contribution < 1.29 is 9.90 Å². The number of anilines is 1. The van der Waals surface area contributed by atoms with E-state index in [4.69, 9.17) is 0 Å². The number of aromatic nitrogens is 1. The van der Waals surface area contributed by atoms with Crippen LogP contribution in [0.15, 0.2) is 42.7 Å². The fourth-order valence-corrected chi connectivity index (χ4v) is 2.48. The molecule has 3 rings (SSSR count). The van der Waals surface area contributed by atoms with Crippen molar-refractivity contribution in [3.8, 4) is 5.75 Å². The number of rotatable bonds is 1. The van der Waals surface area contributed by atoms with Crippen LogP contribution in [-0.4, -0.2) is 22.5 Å². The highest BCUT2D eigenvalue weighted by atomic mass is 16.3. The largest absolute Gasteiger partial charge is 0.506 e. The third-order valence-corrected chi connectivity index (χ3v) is 3.35. The first-order valence-electron chi connectivity index (χ1n) is 6.30. The fourth-order valence-electron chi connectivity index (χ4n) is 2.48. The van der Waals surface area contributed by atoms with E-state index in [1.54, 1.807) is 35.5 Å². The molecular weight excluding hydrogens is 240 g/mol. The lowest BCUT2D eigenvalue weighted by Crippen LogP contribution is -2.35. The monoisotopic (exact) mass is 254 g/mol. The molecule has 1 aromatic heterocycles. The van der Waals surface area contributed by atoms with Gasteiger partial charge in [-0.3, -0.25) is 9.78 Å². The number of pyridine rings is 1. The standard InChI is InChI=1S/C15H14N2O2/c18-13-7-1-4-11-6-3-9-17(14(11)13)15(19)12-5-2-8-16-10-12/h1-2,4-5,7-8,10,18H,3,6,9H2. The number of aryl methyl sites for hydroxylation is 1. The lowest BCUT2D eigenvalue weighted by atomic mass is 10.0. The molecule has 96 valence electrons. The molecule has 1 aromatic carbocycles. The Kier molecular flexibility index (Phi) is 2.91. The van der Waals surface area contributed by atoms with Gasteiger partial charge >= 0.3 is 0 Å². The van der Waals surface area contributed by atoms with E-state index in [9.17, 15) is 9.90 Å². The number of hydrogen-bond acceptors (Lipinski definition) is 3. The Morgan fingerprint density at radius 2 is 2.16 bits per heavy atom. The molecule has 1 amide bonds. The van der Waals surface area contributed by atoms with E-state index in [2.05, 4.69) is 4.98 Å². The van der Waals surface area contributed by atoms with Crippen molar-refractivity contribution in [2.45, 2.75) is 12.8 Å². The first-order valence-corrected chi connectivity index (χ1v) is 6.30. The second kappa shape index (κ2) is 4.72. The zero-order valence-electron chi connectivity index (χ0n) is 10.4. The van der Waals surface area contributed by atoms with Gasteiger partial charge in [-0.1, -0.05) is 12.1 Å². The van der Waals surface area contributed by atoms with Gasteiger partial charge in [0, 0.05) is 18.9 Å². The smallest absolute Gasteiger partial charge is 0.259 e. The molecule has 1 N–H and O–H groups in total. The molecule has 0 fully saturated rings. The Balaban J connectivity index is 2.03. The lowest BCUT2D eigenvalue weighted by molar-refractivity contribution is 0.0984. The van der Waals surface area contributed by atoms with Gasteiger partial charge in [0.05, 0.1) is 11.3 Å². The molecule has 2 aromatic rings. The zero-order valence-corrected chi connectivity index (χ0v) is 10.4. The first kappa shape index (κ1) is 11.7. The van der Waals surface area contributed by atoms with Crippen LogP contribution in [0.1, 0.15) is 22.3 Å². The van der Waals surface area contributed by atoms with Crippen molar-refractivity contribution in [3.63, 3.8) is 0 Å². The molecule has 19 heavy (non-hydrogen) atoms. The first-order chi connectivity index (χ1) is 9.27. The highest BCUT2D eigenvalue weighted by Gasteiger charge is 2.26. The molecule has 0 unspecified atom stereocenters. The van der Waals surface area contributed by atoms with Gasteiger partial charge in [0.1, 0.15) is 5.75 Å². The number of para-hydroxylation sites is 1. The lowest BCUT2D eigenvalue weighted by Gasteiger charge is -2.30. The summed E-state index contributed by atoms with van der Waals surface area (Å²) in [6.07, 6.45) is 4.98. The van der Waals surface area contributed by atoms with E-state index >= 15 is 0 Å². The summed E-state index contributed by atoms with van der Waals surface area (Å²) in [7, 11) is 0. The van der Waals surface area contributed by atoms with Crippen molar-refractivity contribution in [2.75, 3.05) is 11.4 Å². The Labute approximate surface area is 111 Å². The highest BCUT2D eigenvalue weighted by molar-refractivity contribution is 6.07. The molecule has 1 aliphatic rings. The molecule has 0 aliphatic carbocycles. The number of benzene rings is 1. The topological polar surface area (TPSA) is 53.4 Å². The van der Waals surface area contributed by atoms with Crippen LogP contribution in [0.3, 0.4) is 0 Å². The summed E-state index contributed by atoms with van der Waals surface area (Å²) in [4.78, 5) is 18.1. The number of carbonyl (C=O) groups is 1. The van der Waals surface area contributed by atoms with Crippen LogP contribution in [0.4, 0.5) is 5.69 Å². The second-order valence-electron chi connectivity index (χ2n) is 4.59. The average Bonchev–Trinajstić information content (AvgIpc) is 2.47. The van der Waals surface area contributed by atoms with E-state index in [1.807, 2.05) is 12.1 Å². The molecule has 1 aliphatic heterocycles. The number of aromatic hydroxyl groups is 1. The van der Waals surface area contributed by atoms with Crippen LogP contribution in [0.5, 0.6) is 5.75 Å². The number of phenols is 1. The fraction of sp³-hybridized carbons (Fsp3) is 0.200. The quantitative estimate of drug-likeness (QED) is 0.850. The predicted octanol–water partition coefficient (Wildman–Crippen LogP) is 2.38. The minimum atomic E-state index is -0.115. The summed E-state index contributed by atoms with van der Waals surface area (Å²) in [5.41, 5.74) is 2.20. The van der Waals surface area contributed by atoms with Crippen molar-refractivity contribution in [1.82, 2.24) is 4.98 Å². The van der Waals surface area contributed by atoms with E-state index < -0.39 is 0 Å². The maximum absolute atomic E-state index is 12.5. The molecule has 0 saturated heterocycles. The molecule has 2 heterocycles. The summed E-state index contributed by atoms with van der Waals surface area (Å²) < 4.78 is 0. The maximum atomic E-state index is 12.5. The van der Waals surface area contributed by atoms with Gasteiger partial charge in [0.15, 0.2) is 0 Å². The van der Waals surface area contributed by atoms with E-state index in [0.717, 1.165) is 18.4 Å². The Bertz CT molecular complexity index is 611. The van der Waals surface area contributed by atoms with Crippen LogP contribution >= 0.6 is 0 Å². The molecule has 0 spiro atoms. The minimum Gasteiger partial charge on any atom is -0.506 e. The van der Waals surface area contributed by atoms with Crippen LogP contribution in [0.2, 0.25) is 0 Å². The van der Waals surface area contributed by atoms with Gasteiger partial charge in [-0.2, -0.15) is 0 Å². The third kappa shape index (κ3) is 2.05. The predicted molar refractivity (Wildman–Crippen MR) is 72.3 cm³/mol. The molecule has 4 nitrogen and oxygen atoms in total. The molecule has 0 saturated carbocycles. The summed E-state index contributed by atoms with van der Waals surface area (Å²) in [5.74, 6) is 0.0463. The average molecular weight is 254 g/mol. The van der Waals surface area contributed by atoms with Crippen molar-refractivity contribution in [1.29, 1.82) is 0 Å². The number of phenolic OH excluding ortho intramolecular Hbond substituents is 1. The number of amides is 1. The Hall–Kier alpha value is -2.36. The third-order valence-electron chi connectivity index (χ3n) is 3.35. The summed E-state index contributed by atoms with van der Waals surface area (Å²) >= 11 is 0. The molecular formula is C15H14N2O2. The SMILES string of the molecule is O=C(c1cccnc1)N1CCCc2cccc(O)c21. The van der Waals surface area contributed by atoms with Gasteiger partial charge in [-0.15, -0.1) is 0 Å². The Morgan fingerprint density at radius 1 is 1.26 bits per heavy atom. The normalized spacial score (nSPS) is 14.0. The molecule has 0 bridgehead atoms. The van der Waals surface area contributed by atoms with Crippen molar-refractivity contribution in [2.24, 2.45) is 0 Å². The minimum absolute atomic E-state index is 0.115. The zero-order chi connectivity index (χ0) is 13.2. The van der Waals surface area contributed by atoms with Gasteiger partial charge in [0.25, 0.3) is 5.91 Å². The van der Waals surface area contributed by atoms with E-state index in [-0.39, 0.29) is 11.7 Å². The molecule has 0 radical (unpaired) electrons. The number of carbonyl (C=O) groups excluding carboxylic acids is 1. The number of fused-ring (bicyclic) bond motifs is 1. The summed E-state index contributed by atoms with van der Waals surface area (Å²) in [6, 6.07) is 8.87. The van der Waals surface area contributed by atoms with Crippen molar-refractivity contribution >= 4 is 11.6 Å². The Morgan fingerprint density at radius 3 is 2.95 bits per heavy atom. The molecule has 4 heteroatoms. The van der Waals surface area contributed by atoms with E-state index in [0.29, 0.717) is 17.8 Å². The summed E-state index contributed by atoms with van der Waals surface area (Å²) in [6.45, 7) is 0.623. The van der Waals surface area contributed by atoms with Gasteiger partial charge < -0.3 is 10.0 Å². The highest BCUT2D eigenvalue weighted by Crippen LogP contribution is 2.36. The number of hydrogen-bond donors (Lipinski definition) is 1. The van der Waals surface area contributed by atoms with Crippen LogP contribution in [-0.2, 0) is 6.42 Å². The molecule has 0 atom stereocenters. The van der Waals surface area contributed by atoms with Crippen LogP contribution in [0, 0.1) is 0 Å². The van der Waals surface area contributed by atoms with Crippen LogP contribution < -0.4 is 4.90 Å².